The summed E-state index contributed by atoms with van der Waals surface area (Å²) in [5.74, 6) is -2.94. The molecule has 1 aromatic rings. The van der Waals surface area contributed by atoms with Crippen molar-refractivity contribution in [1.82, 2.24) is 26.2 Å². The first-order valence-electron chi connectivity index (χ1n) is 18.5. The fourth-order valence-corrected chi connectivity index (χ4v) is 7.99. The summed E-state index contributed by atoms with van der Waals surface area (Å²) in [4.78, 5) is 83.6. The molecular weight excluding hydrogens is 626 g/mol. The Morgan fingerprint density at radius 2 is 1.59 bits per heavy atom. The lowest BCUT2D eigenvalue weighted by molar-refractivity contribution is -0.147. The summed E-state index contributed by atoms with van der Waals surface area (Å²) in [5.41, 5.74) is -0.732. The minimum atomic E-state index is -0.986. The number of rotatable bonds is 13. The molecule has 1 aliphatic heterocycles. The van der Waals surface area contributed by atoms with Crippen LogP contribution in [0.1, 0.15) is 128 Å². The van der Waals surface area contributed by atoms with Gasteiger partial charge in [0.25, 0.3) is 11.8 Å². The number of hydrogen-bond donors (Lipinski definition) is 4. The van der Waals surface area contributed by atoms with E-state index in [2.05, 4.69) is 21.3 Å². The van der Waals surface area contributed by atoms with Crippen LogP contribution in [-0.2, 0) is 24.0 Å². The summed E-state index contributed by atoms with van der Waals surface area (Å²) in [7, 11) is 0. The number of ketones is 1. The largest absolute Gasteiger partial charge is 0.459 e. The molecule has 4 N–H and O–H groups in total. The molecule has 1 aromatic heterocycles. The van der Waals surface area contributed by atoms with E-state index in [1.165, 1.54) is 6.26 Å². The molecule has 0 spiro atoms. The SMILES string of the molecule is CCC[C@H](NC(=O)[C@H]1CC2CCCCC2N1C(=O)[C@@H](NC(=O)[C@@H](NC(=O)c1ccco1)C1CCCCC1)C(C)(C)C)C(=O)C(=O)NC1CC1. The zero-order valence-electron chi connectivity index (χ0n) is 29.6. The summed E-state index contributed by atoms with van der Waals surface area (Å²) >= 11 is 0. The Balaban J connectivity index is 1.37. The second kappa shape index (κ2) is 15.9. The topological polar surface area (TPSA) is 167 Å². The number of carbonyl (C=O) groups is 6. The number of nitrogens with zero attached hydrogens (tertiary/aromatic N) is 1. The Hall–Kier alpha value is -3.70. The molecule has 2 unspecified atom stereocenters. The molecule has 6 atom stereocenters. The highest BCUT2D eigenvalue weighted by Crippen LogP contribution is 2.41. The van der Waals surface area contributed by atoms with Gasteiger partial charge in [0.05, 0.1) is 12.3 Å². The van der Waals surface area contributed by atoms with E-state index in [9.17, 15) is 28.8 Å². The van der Waals surface area contributed by atoms with Crippen molar-refractivity contribution >= 4 is 35.3 Å². The average molecular weight is 682 g/mol. The van der Waals surface area contributed by atoms with Gasteiger partial charge < -0.3 is 30.6 Å². The number of nitrogens with one attached hydrogen (secondary N) is 4. The maximum Gasteiger partial charge on any atom is 0.289 e. The maximum atomic E-state index is 14.8. The third-order valence-corrected chi connectivity index (χ3v) is 10.8. The Labute approximate surface area is 289 Å². The van der Waals surface area contributed by atoms with Gasteiger partial charge in [0.1, 0.15) is 18.1 Å². The fraction of sp³-hybridized carbons (Fsp3) is 0.730. The summed E-state index contributed by atoms with van der Waals surface area (Å²) in [6.45, 7) is 7.53. The molecule has 5 rings (SSSR count). The molecule has 3 saturated carbocycles. The zero-order valence-corrected chi connectivity index (χ0v) is 29.6. The summed E-state index contributed by atoms with van der Waals surface area (Å²) in [6, 6.07) is -0.672. The third-order valence-electron chi connectivity index (χ3n) is 10.8. The van der Waals surface area contributed by atoms with Gasteiger partial charge in [-0.15, -0.1) is 0 Å². The van der Waals surface area contributed by atoms with Crippen LogP contribution in [0.2, 0.25) is 0 Å². The molecule has 12 heteroatoms. The highest BCUT2D eigenvalue weighted by molar-refractivity contribution is 6.38. The molecule has 4 fully saturated rings. The molecule has 0 aromatic carbocycles. The second-order valence-corrected chi connectivity index (χ2v) is 15.7. The van der Waals surface area contributed by atoms with E-state index in [1.807, 2.05) is 27.7 Å². The summed E-state index contributed by atoms with van der Waals surface area (Å²) in [6.07, 6.45) is 12.5. The van der Waals surface area contributed by atoms with Crippen molar-refractivity contribution in [2.75, 3.05) is 0 Å². The average Bonchev–Trinajstić information content (AvgIpc) is 3.55. The quantitative estimate of drug-likeness (QED) is 0.230. The summed E-state index contributed by atoms with van der Waals surface area (Å²) in [5, 5.41) is 11.5. The maximum absolute atomic E-state index is 14.8. The van der Waals surface area contributed by atoms with Crippen molar-refractivity contribution in [3.63, 3.8) is 0 Å². The smallest absolute Gasteiger partial charge is 0.289 e. The van der Waals surface area contributed by atoms with Crippen LogP contribution in [0.5, 0.6) is 0 Å². The van der Waals surface area contributed by atoms with E-state index in [4.69, 9.17) is 4.42 Å². The molecule has 5 amide bonds. The van der Waals surface area contributed by atoms with Crippen molar-refractivity contribution in [2.24, 2.45) is 17.3 Å². The molecular formula is C37H55N5O7. The minimum absolute atomic E-state index is 0.0150. The Morgan fingerprint density at radius 1 is 0.898 bits per heavy atom. The highest BCUT2D eigenvalue weighted by Gasteiger charge is 2.51. The van der Waals surface area contributed by atoms with Gasteiger partial charge in [0, 0.05) is 12.1 Å². The number of hydrogen-bond acceptors (Lipinski definition) is 7. The highest BCUT2D eigenvalue weighted by atomic mass is 16.3. The van der Waals surface area contributed by atoms with Gasteiger partial charge in [-0.05, 0) is 80.8 Å². The van der Waals surface area contributed by atoms with Crippen molar-refractivity contribution in [1.29, 1.82) is 0 Å². The number of likely N-dealkylation sites (tertiary alicyclic amines) is 1. The van der Waals surface area contributed by atoms with Crippen LogP contribution < -0.4 is 21.3 Å². The molecule has 4 aliphatic rings. The first-order valence-corrected chi connectivity index (χ1v) is 18.5. The molecule has 49 heavy (non-hydrogen) atoms. The van der Waals surface area contributed by atoms with E-state index in [-0.39, 0.29) is 35.6 Å². The zero-order chi connectivity index (χ0) is 35.3. The van der Waals surface area contributed by atoms with Crippen LogP contribution >= 0.6 is 0 Å². The predicted octanol–water partition coefficient (Wildman–Crippen LogP) is 3.78. The van der Waals surface area contributed by atoms with Crippen LogP contribution in [0.4, 0.5) is 0 Å². The lowest BCUT2D eigenvalue weighted by Gasteiger charge is -2.40. The van der Waals surface area contributed by atoms with Crippen LogP contribution in [-0.4, -0.2) is 76.5 Å². The Bertz CT molecular complexity index is 1360. The molecule has 12 nitrogen and oxygen atoms in total. The lowest BCUT2D eigenvalue weighted by atomic mass is 9.81. The second-order valence-electron chi connectivity index (χ2n) is 15.7. The first-order chi connectivity index (χ1) is 23.4. The van der Waals surface area contributed by atoms with Crippen LogP contribution in [0.3, 0.4) is 0 Å². The Kier molecular flexibility index (Phi) is 11.9. The van der Waals surface area contributed by atoms with Crippen molar-refractivity contribution in [3.05, 3.63) is 24.2 Å². The standard InChI is InChI=1S/C37H55N5O7/c1-5-12-25(30(43)35(47)38-24-18-19-24)39-32(44)27-21-23-15-9-10-16-26(23)42(27)36(48)31(37(2,3)4)41-34(46)29(22-13-7-6-8-14-22)40-33(45)28-17-11-20-49-28/h11,17,20,22-27,29,31H,5-10,12-16,18-19,21H2,1-4H3,(H,38,47)(H,39,44)(H,40,45)(H,41,46)/t23?,25-,26?,27+,29-,31+/m0/s1. The van der Waals surface area contributed by atoms with Gasteiger partial charge in [-0.3, -0.25) is 28.8 Å². The first kappa shape index (κ1) is 36.6. The minimum Gasteiger partial charge on any atom is -0.459 e. The number of furan rings is 1. The van der Waals surface area contributed by atoms with Crippen LogP contribution in [0.25, 0.3) is 0 Å². The van der Waals surface area contributed by atoms with Gasteiger partial charge in [0.2, 0.25) is 23.5 Å². The number of Topliss-reactive ketones (excluding diaryl/α,β-unsaturated/α-hetero) is 1. The van der Waals surface area contributed by atoms with Gasteiger partial charge in [-0.1, -0.05) is 66.2 Å². The van der Waals surface area contributed by atoms with Crippen LogP contribution in [0, 0.1) is 17.3 Å². The molecule has 2 heterocycles. The van der Waals surface area contributed by atoms with Crippen LogP contribution in [0.15, 0.2) is 22.8 Å². The molecule has 270 valence electrons. The summed E-state index contributed by atoms with van der Waals surface area (Å²) < 4.78 is 5.29. The predicted molar refractivity (Wildman–Crippen MR) is 182 cm³/mol. The molecule has 1 saturated heterocycles. The third kappa shape index (κ3) is 8.91. The van der Waals surface area contributed by atoms with Gasteiger partial charge in [-0.2, -0.15) is 0 Å². The fourth-order valence-electron chi connectivity index (χ4n) is 7.99. The molecule has 3 aliphatic carbocycles. The molecule has 0 radical (unpaired) electrons. The van der Waals surface area contributed by atoms with E-state index < -0.39 is 59.0 Å². The molecule has 0 bridgehead atoms. The van der Waals surface area contributed by atoms with Gasteiger partial charge in [0.15, 0.2) is 5.76 Å². The number of amides is 5. The van der Waals surface area contributed by atoms with Crippen molar-refractivity contribution in [2.45, 2.75) is 154 Å². The normalized spacial score (nSPS) is 24.6. The van der Waals surface area contributed by atoms with E-state index in [0.717, 1.165) is 70.6 Å². The van der Waals surface area contributed by atoms with Gasteiger partial charge >= 0.3 is 0 Å². The van der Waals surface area contributed by atoms with Crippen molar-refractivity contribution < 1.29 is 33.2 Å². The Morgan fingerprint density at radius 3 is 2.22 bits per heavy atom. The van der Waals surface area contributed by atoms with E-state index in [1.54, 1.807) is 17.0 Å². The lowest BCUT2D eigenvalue weighted by Crippen LogP contribution is -2.63. The van der Waals surface area contributed by atoms with E-state index in [0.29, 0.717) is 19.3 Å². The van der Waals surface area contributed by atoms with Crippen molar-refractivity contribution in [3.8, 4) is 0 Å². The van der Waals surface area contributed by atoms with E-state index >= 15 is 0 Å². The monoisotopic (exact) mass is 681 g/mol. The number of fused-ring (bicyclic) bond motifs is 1. The number of carbonyl (C=O) groups excluding carboxylic acids is 6. The van der Waals surface area contributed by atoms with Gasteiger partial charge in [-0.25, -0.2) is 0 Å².